The summed E-state index contributed by atoms with van der Waals surface area (Å²) in [4.78, 5) is 31.3. The van der Waals surface area contributed by atoms with Crippen molar-refractivity contribution in [1.29, 1.82) is 0 Å². The summed E-state index contributed by atoms with van der Waals surface area (Å²) in [5.41, 5.74) is 1.16. The summed E-state index contributed by atoms with van der Waals surface area (Å²) in [6, 6.07) is 7.49. The first-order valence-corrected chi connectivity index (χ1v) is 9.26. The molecule has 2 aliphatic rings. The SMILES string of the molecule is CC(C)c1noc(CNC(=O)N2CCC[C@@]3(C2)C(=O)Nc2ccccc23)n1. The maximum atomic E-state index is 12.7. The Morgan fingerprint density at radius 1 is 1.41 bits per heavy atom. The lowest BCUT2D eigenvalue weighted by molar-refractivity contribution is -0.122. The average molecular weight is 369 g/mol. The van der Waals surface area contributed by atoms with Crippen LogP contribution in [0, 0.1) is 0 Å². The monoisotopic (exact) mass is 369 g/mol. The van der Waals surface area contributed by atoms with E-state index < -0.39 is 5.41 Å². The lowest BCUT2D eigenvalue weighted by Crippen LogP contribution is -2.54. The zero-order valence-corrected chi connectivity index (χ0v) is 15.5. The number of fused-ring (bicyclic) bond motifs is 2. The van der Waals surface area contributed by atoms with E-state index in [0.29, 0.717) is 24.8 Å². The Kier molecular flexibility index (Phi) is 4.33. The number of para-hydroxylation sites is 1. The van der Waals surface area contributed by atoms with Crippen LogP contribution >= 0.6 is 0 Å². The largest absolute Gasteiger partial charge is 0.337 e. The molecule has 1 atom stereocenters. The lowest BCUT2D eigenvalue weighted by atomic mass is 9.75. The topological polar surface area (TPSA) is 100 Å². The van der Waals surface area contributed by atoms with E-state index >= 15 is 0 Å². The highest BCUT2D eigenvalue weighted by Gasteiger charge is 2.49. The number of rotatable bonds is 3. The van der Waals surface area contributed by atoms with Gasteiger partial charge in [0.15, 0.2) is 5.82 Å². The van der Waals surface area contributed by atoms with Crippen LogP contribution < -0.4 is 10.6 Å². The number of hydrogen-bond donors (Lipinski definition) is 2. The van der Waals surface area contributed by atoms with Crippen LogP contribution in [-0.4, -0.2) is 40.1 Å². The van der Waals surface area contributed by atoms with Crippen molar-refractivity contribution < 1.29 is 14.1 Å². The van der Waals surface area contributed by atoms with E-state index in [1.165, 1.54) is 0 Å². The molecule has 142 valence electrons. The minimum atomic E-state index is -0.665. The molecule has 2 aromatic rings. The van der Waals surface area contributed by atoms with Gasteiger partial charge in [0.1, 0.15) is 0 Å². The standard InChI is InChI=1S/C19H23N5O3/c1-12(2)16-22-15(27-23-16)10-20-18(26)24-9-5-8-19(11-24)13-6-3-4-7-14(13)21-17(19)25/h3-4,6-7,12H,5,8-11H2,1-2H3,(H,20,26)(H,21,25)/t19-/m0/s1. The Balaban J connectivity index is 1.45. The van der Waals surface area contributed by atoms with Crippen LogP contribution in [0.15, 0.2) is 28.8 Å². The fraction of sp³-hybridized carbons (Fsp3) is 0.474. The van der Waals surface area contributed by atoms with Gasteiger partial charge < -0.3 is 20.1 Å². The van der Waals surface area contributed by atoms with E-state index in [-0.39, 0.29) is 24.4 Å². The quantitative estimate of drug-likeness (QED) is 0.865. The van der Waals surface area contributed by atoms with Gasteiger partial charge in [0, 0.05) is 24.7 Å². The van der Waals surface area contributed by atoms with Crippen LogP contribution in [0.2, 0.25) is 0 Å². The predicted molar refractivity (Wildman–Crippen MR) is 98.2 cm³/mol. The highest BCUT2D eigenvalue weighted by Crippen LogP contribution is 2.43. The van der Waals surface area contributed by atoms with Crippen LogP contribution in [-0.2, 0) is 16.8 Å². The van der Waals surface area contributed by atoms with E-state index in [1.54, 1.807) is 4.90 Å². The van der Waals surface area contributed by atoms with Crippen LogP contribution in [0.4, 0.5) is 10.5 Å². The summed E-state index contributed by atoms with van der Waals surface area (Å²) in [5.74, 6) is 1.14. The van der Waals surface area contributed by atoms with Crippen molar-refractivity contribution >= 4 is 17.6 Å². The van der Waals surface area contributed by atoms with Crippen LogP contribution in [0.25, 0.3) is 0 Å². The summed E-state index contributed by atoms with van der Waals surface area (Å²) >= 11 is 0. The van der Waals surface area contributed by atoms with Crippen molar-refractivity contribution in [2.24, 2.45) is 0 Å². The summed E-state index contributed by atoms with van der Waals surface area (Å²) in [5, 5.41) is 9.68. The molecule has 1 aromatic carbocycles. The fourth-order valence-electron chi connectivity index (χ4n) is 3.85. The summed E-state index contributed by atoms with van der Waals surface area (Å²) < 4.78 is 5.16. The molecule has 0 saturated carbocycles. The normalized spacial score (nSPS) is 21.4. The molecule has 2 N–H and O–H groups in total. The Labute approximate surface area is 157 Å². The van der Waals surface area contributed by atoms with Crippen molar-refractivity contribution in [3.8, 4) is 0 Å². The van der Waals surface area contributed by atoms with Gasteiger partial charge in [-0.05, 0) is 24.5 Å². The highest BCUT2D eigenvalue weighted by molar-refractivity contribution is 6.06. The number of benzene rings is 1. The van der Waals surface area contributed by atoms with Crippen LogP contribution in [0.3, 0.4) is 0 Å². The van der Waals surface area contributed by atoms with E-state index in [9.17, 15) is 9.59 Å². The number of nitrogens with one attached hydrogen (secondary N) is 2. The van der Waals surface area contributed by atoms with Crippen molar-refractivity contribution in [2.75, 3.05) is 18.4 Å². The molecule has 3 amide bonds. The van der Waals surface area contributed by atoms with E-state index in [2.05, 4.69) is 20.8 Å². The van der Waals surface area contributed by atoms with Crippen molar-refractivity contribution in [1.82, 2.24) is 20.4 Å². The minimum Gasteiger partial charge on any atom is -0.337 e. The molecule has 1 saturated heterocycles. The third-order valence-electron chi connectivity index (χ3n) is 5.30. The highest BCUT2D eigenvalue weighted by atomic mass is 16.5. The number of carbonyl (C=O) groups is 2. The fourth-order valence-corrected chi connectivity index (χ4v) is 3.85. The van der Waals surface area contributed by atoms with Crippen molar-refractivity contribution in [3.63, 3.8) is 0 Å². The Morgan fingerprint density at radius 2 is 2.22 bits per heavy atom. The van der Waals surface area contributed by atoms with E-state index in [1.807, 2.05) is 38.1 Å². The second-order valence-corrected chi connectivity index (χ2v) is 7.47. The van der Waals surface area contributed by atoms with E-state index in [0.717, 1.165) is 24.1 Å². The zero-order chi connectivity index (χ0) is 19.0. The maximum absolute atomic E-state index is 12.7. The second kappa shape index (κ2) is 6.68. The predicted octanol–water partition coefficient (Wildman–Crippen LogP) is 2.39. The molecule has 0 aliphatic carbocycles. The van der Waals surface area contributed by atoms with Gasteiger partial charge in [-0.3, -0.25) is 4.79 Å². The van der Waals surface area contributed by atoms with Crippen LogP contribution in [0.1, 0.15) is 49.9 Å². The average Bonchev–Trinajstić information content (AvgIpc) is 3.24. The van der Waals surface area contributed by atoms with Gasteiger partial charge in [-0.1, -0.05) is 37.2 Å². The van der Waals surface area contributed by atoms with Gasteiger partial charge in [0.2, 0.25) is 11.8 Å². The Bertz CT molecular complexity index is 878. The molecular formula is C19H23N5O3. The molecule has 0 bridgehead atoms. The number of carbonyl (C=O) groups excluding carboxylic acids is 2. The zero-order valence-electron chi connectivity index (χ0n) is 15.5. The number of anilines is 1. The van der Waals surface area contributed by atoms with Crippen LogP contribution in [0.5, 0.6) is 0 Å². The third kappa shape index (κ3) is 3.05. The molecule has 8 nitrogen and oxygen atoms in total. The molecule has 1 fully saturated rings. The van der Waals surface area contributed by atoms with Gasteiger partial charge >= 0.3 is 6.03 Å². The smallest absolute Gasteiger partial charge is 0.317 e. The van der Waals surface area contributed by atoms with Gasteiger partial charge in [-0.2, -0.15) is 4.98 Å². The first kappa shape index (κ1) is 17.5. The second-order valence-electron chi connectivity index (χ2n) is 7.47. The number of hydrogen-bond acceptors (Lipinski definition) is 5. The number of amides is 3. The molecule has 4 rings (SSSR count). The lowest BCUT2D eigenvalue weighted by Gasteiger charge is -2.38. The maximum Gasteiger partial charge on any atom is 0.317 e. The Morgan fingerprint density at radius 3 is 3.00 bits per heavy atom. The molecule has 1 aromatic heterocycles. The molecule has 3 heterocycles. The number of likely N-dealkylation sites (tertiary alicyclic amines) is 1. The molecule has 8 heteroatoms. The minimum absolute atomic E-state index is 0.0281. The number of nitrogens with zero attached hydrogens (tertiary/aromatic N) is 3. The molecule has 27 heavy (non-hydrogen) atoms. The third-order valence-corrected chi connectivity index (χ3v) is 5.30. The molecule has 1 spiro atoms. The molecule has 0 radical (unpaired) electrons. The van der Waals surface area contributed by atoms with Crippen molar-refractivity contribution in [3.05, 3.63) is 41.5 Å². The molecular weight excluding hydrogens is 346 g/mol. The van der Waals surface area contributed by atoms with E-state index in [4.69, 9.17) is 4.52 Å². The number of urea groups is 1. The molecule has 2 aliphatic heterocycles. The Hall–Kier alpha value is -2.90. The number of piperidine rings is 1. The van der Waals surface area contributed by atoms with Gasteiger partial charge in [0.05, 0.1) is 12.0 Å². The first-order chi connectivity index (χ1) is 13.0. The number of aromatic nitrogens is 2. The summed E-state index contributed by atoms with van der Waals surface area (Å²) in [6.07, 6.45) is 1.51. The van der Waals surface area contributed by atoms with Gasteiger partial charge in [-0.15, -0.1) is 0 Å². The van der Waals surface area contributed by atoms with Gasteiger partial charge in [0.25, 0.3) is 0 Å². The van der Waals surface area contributed by atoms with Gasteiger partial charge in [-0.25, -0.2) is 4.79 Å². The van der Waals surface area contributed by atoms with Crippen molar-refractivity contribution in [2.45, 2.75) is 44.6 Å². The summed E-state index contributed by atoms with van der Waals surface area (Å²) in [7, 11) is 0. The first-order valence-electron chi connectivity index (χ1n) is 9.26. The molecule has 0 unspecified atom stereocenters. The summed E-state index contributed by atoms with van der Waals surface area (Å²) in [6.45, 7) is 5.10.